The normalized spacial score (nSPS) is 10.1. The van der Waals surface area contributed by atoms with Crippen LogP contribution in [0.5, 0.6) is 5.75 Å². The Balaban J connectivity index is 1.98. The van der Waals surface area contributed by atoms with Gasteiger partial charge in [0.05, 0.1) is 0 Å². The van der Waals surface area contributed by atoms with Gasteiger partial charge in [0, 0.05) is 18.4 Å². The van der Waals surface area contributed by atoms with Crippen molar-refractivity contribution < 1.29 is 9.53 Å². The predicted molar refractivity (Wildman–Crippen MR) is 80.9 cm³/mol. The quantitative estimate of drug-likeness (QED) is 0.869. The van der Waals surface area contributed by atoms with Crippen molar-refractivity contribution in [2.45, 2.75) is 6.92 Å². The summed E-state index contributed by atoms with van der Waals surface area (Å²) >= 11 is 0. The largest absolute Gasteiger partial charge is 0.483 e. The molecule has 20 heavy (non-hydrogen) atoms. The molecule has 2 rings (SSSR count). The number of hydrogen-bond donors (Lipinski definition) is 1. The lowest BCUT2D eigenvalue weighted by Gasteiger charge is -2.18. The highest BCUT2D eigenvalue weighted by molar-refractivity contribution is 5.94. The maximum Gasteiger partial charge on any atom is 0.264 e. The first-order valence-corrected chi connectivity index (χ1v) is 6.38. The second-order valence-electron chi connectivity index (χ2n) is 4.60. The van der Waals surface area contributed by atoms with E-state index in [4.69, 9.17) is 10.5 Å². The molecule has 0 spiro atoms. The van der Waals surface area contributed by atoms with Crippen LogP contribution in [-0.2, 0) is 4.79 Å². The molecule has 0 aliphatic rings. The third-order valence-corrected chi connectivity index (χ3v) is 3.10. The first kappa shape index (κ1) is 13.9. The Labute approximate surface area is 118 Å². The van der Waals surface area contributed by atoms with Crippen LogP contribution in [0.15, 0.2) is 48.5 Å². The standard InChI is InChI=1S/C16H18N2O2/c1-12-5-3-4-6-15(12)20-11-16(19)18(2)14-9-7-13(17)8-10-14/h3-10H,11,17H2,1-2H3. The average Bonchev–Trinajstić information content (AvgIpc) is 2.46. The molecule has 0 aliphatic heterocycles. The van der Waals surface area contributed by atoms with Crippen LogP contribution < -0.4 is 15.4 Å². The molecule has 4 nitrogen and oxygen atoms in total. The molecule has 0 bridgehead atoms. The molecule has 0 aliphatic carbocycles. The van der Waals surface area contributed by atoms with E-state index < -0.39 is 0 Å². The van der Waals surface area contributed by atoms with Crippen molar-refractivity contribution in [2.24, 2.45) is 0 Å². The lowest BCUT2D eigenvalue weighted by molar-refractivity contribution is -0.120. The highest BCUT2D eigenvalue weighted by atomic mass is 16.5. The zero-order valence-electron chi connectivity index (χ0n) is 11.7. The smallest absolute Gasteiger partial charge is 0.264 e. The number of carbonyl (C=O) groups is 1. The highest BCUT2D eigenvalue weighted by Crippen LogP contribution is 2.18. The first-order chi connectivity index (χ1) is 9.58. The minimum absolute atomic E-state index is 0.00568. The van der Waals surface area contributed by atoms with Crippen LogP contribution >= 0.6 is 0 Å². The number of ether oxygens (including phenoxy) is 1. The molecule has 0 aromatic heterocycles. The van der Waals surface area contributed by atoms with Crippen LogP contribution in [0.3, 0.4) is 0 Å². The summed E-state index contributed by atoms with van der Waals surface area (Å²) in [4.78, 5) is 13.6. The average molecular weight is 270 g/mol. The molecular formula is C16H18N2O2. The number of amides is 1. The summed E-state index contributed by atoms with van der Waals surface area (Å²) in [6, 6.07) is 14.8. The van der Waals surface area contributed by atoms with E-state index in [1.807, 2.05) is 31.2 Å². The van der Waals surface area contributed by atoms with E-state index in [2.05, 4.69) is 0 Å². The van der Waals surface area contributed by atoms with Gasteiger partial charge in [0.25, 0.3) is 5.91 Å². The molecule has 2 aromatic rings. The van der Waals surface area contributed by atoms with Crippen LogP contribution in [0.2, 0.25) is 0 Å². The van der Waals surface area contributed by atoms with Crippen molar-refractivity contribution in [2.75, 3.05) is 24.3 Å². The number of para-hydroxylation sites is 1. The molecule has 1 amide bonds. The fraction of sp³-hybridized carbons (Fsp3) is 0.188. The summed E-state index contributed by atoms with van der Waals surface area (Å²) < 4.78 is 5.55. The van der Waals surface area contributed by atoms with Gasteiger partial charge in [0.1, 0.15) is 5.75 Å². The highest BCUT2D eigenvalue weighted by Gasteiger charge is 2.12. The van der Waals surface area contributed by atoms with Crippen molar-refractivity contribution in [3.63, 3.8) is 0 Å². The Morgan fingerprint density at radius 3 is 2.45 bits per heavy atom. The van der Waals surface area contributed by atoms with E-state index >= 15 is 0 Å². The molecule has 0 atom stereocenters. The molecule has 2 N–H and O–H groups in total. The van der Waals surface area contributed by atoms with Crippen LogP contribution in [0.4, 0.5) is 11.4 Å². The molecule has 0 saturated heterocycles. The van der Waals surface area contributed by atoms with Gasteiger partial charge in [-0.15, -0.1) is 0 Å². The summed E-state index contributed by atoms with van der Waals surface area (Å²) in [5.74, 6) is 0.615. The number of hydrogen-bond acceptors (Lipinski definition) is 3. The van der Waals surface area contributed by atoms with E-state index in [1.165, 1.54) is 0 Å². The Kier molecular flexibility index (Phi) is 4.25. The van der Waals surface area contributed by atoms with Gasteiger partial charge in [0.15, 0.2) is 6.61 Å². The second-order valence-corrected chi connectivity index (χ2v) is 4.60. The van der Waals surface area contributed by atoms with E-state index in [1.54, 1.807) is 36.2 Å². The summed E-state index contributed by atoms with van der Waals surface area (Å²) in [6.45, 7) is 1.95. The van der Waals surface area contributed by atoms with Gasteiger partial charge in [-0.25, -0.2) is 0 Å². The number of anilines is 2. The molecule has 2 aromatic carbocycles. The third-order valence-electron chi connectivity index (χ3n) is 3.10. The Morgan fingerprint density at radius 1 is 1.15 bits per heavy atom. The lowest BCUT2D eigenvalue weighted by Crippen LogP contribution is -2.31. The van der Waals surface area contributed by atoms with E-state index in [0.717, 1.165) is 17.0 Å². The Morgan fingerprint density at radius 2 is 1.80 bits per heavy atom. The van der Waals surface area contributed by atoms with Crippen molar-refractivity contribution in [3.8, 4) is 5.75 Å². The van der Waals surface area contributed by atoms with Crippen molar-refractivity contribution in [1.29, 1.82) is 0 Å². The third kappa shape index (κ3) is 3.29. The number of benzene rings is 2. The van der Waals surface area contributed by atoms with Crippen molar-refractivity contribution in [3.05, 3.63) is 54.1 Å². The van der Waals surface area contributed by atoms with Crippen LogP contribution in [0.25, 0.3) is 0 Å². The number of rotatable bonds is 4. The van der Waals surface area contributed by atoms with Crippen molar-refractivity contribution in [1.82, 2.24) is 0 Å². The van der Waals surface area contributed by atoms with E-state index in [-0.39, 0.29) is 12.5 Å². The summed E-state index contributed by atoms with van der Waals surface area (Å²) in [5, 5.41) is 0. The van der Waals surface area contributed by atoms with Gasteiger partial charge in [-0.3, -0.25) is 4.79 Å². The number of nitrogen functional groups attached to an aromatic ring is 1. The number of aryl methyl sites for hydroxylation is 1. The zero-order chi connectivity index (χ0) is 14.5. The molecule has 104 valence electrons. The molecule has 4 heteroatoms. The van der Waals surface area contributed by atoms with Gasteiger partial charge >= 0.3 is 0 Å². The molecular weight excluding hydrogens is 252 g/mol. The maximum atomic E-state index is 12.1. The molecule has 0 fully saturated rings. The fourth-order valence-electron chi connectivity index (χ4n) is 1.80. The first-order valence-electron chi connectivity index (χ1n) is 6.38. The van der Waals surface area contributed by atoms with Gasteiger partial charge < -0.3 is 15.4 Å². The van der Waals surface area contributed by atoms with Gasteiger partial charge in [-0.05, 0) is 42.8 Å². The van der Waals surface area contributed by atoms with Gasteiger partial charge in [-0.1, -0.05) is 18.2 Å². The van der Waals surface area contributed by atoms with Crippen LogP contribution in [-0.4, -0.2) is 19.6 Å². The Hall–Kier alpha value is -2.49. The predicted octanol–water partition coefficient (Wildman–Crippen LogP) is 2.62. The molecule has 0 unspecified atom stereocenters. The minimum Gasteiger partial charge on any atom is -0.483 e. The summed E-state index contributed by atoms with van der Waals surface area (Å²) in [7, 11) is 1.72. The van der Waals surface area contributed by atoms with Gasteiger partial charge in [-0.2, -0.15) is 0 Å². The monoisotopic (exact) mass is 270 g/mol. The SMILES string of the molecule is Cc1ccccc1OCC(=O)N(C)c1ccc(N)cc1. The lowest BCUT2D eigenvalue weighted by atomic mass is 10.2. The molecule has 0 heterocycles. The number of nitrogens with zero attached hydrogens (tertiary/aromatic N) is 1. The summed E-state index contributed by atoms with van der Waals surface area (Å²) in [6.07, 6.45) is 0. The van der Waals surface area contributed by atoms with Crippen LogP contribution in [0.1, 0.15) is 5.56 Å². The number of nitrogens with two attached hydrogens (primary N) is 1. The topological polar surface area (TPSA) is 55.6 Å². The Bertz CT molecular complexity index is 594. The minimum atomic E-state index is -0.113. The maximum absolute atomic E-state index is 12.1. The molecule has 0 saturated carbocycles. The molecule has 0 radical (unpaired) electrons. The second kappa shape index (κ2) is 6.10. The van der Waals surface area contributed by atoms with Crippen LogP contribution in [0, 0.1) is 6.92 Å². The van der Waals surface area contributed by atoms with Crippen molar-refractivity contribution >= 4 is 17.3 Å². The van der Waals surface area contributed by atoms with E-state index in [9.17, 15) is 4.79 Å². The zero-order valence-corrected chi connectivity index (χ0v) is 11.7. The fourth-order valence-corrected chi connectivity index (χ4v) is 1.80. The number of carbonyl (C=O) groups excluding carboxylic acids is 1. The van der Waals surface area contributed by atoms with Gasteiger partial charge in [0.2, 0.25) is 0 Å². The number of likely N-dealkylation sites (N-methyl/N-ethyl adjacent to an activating group) is 1. The van der Waals surface area contributed by atoms with E-state index in [0.29, 0.717) is 5.69 Å². The summed E-state index contributed by atoms with van der Waals surface area (Å²) in [5.41, 5.74) is 8.10.